The van der Waals surface area contributed by atoms with Crippen LogP contribution in [0.3, 0.4) is 0 Å². The lowest BCUT2D eigenvalue weighted by molar-refractivity contribution is -0.117. The van der Waals surface area contributed by atoms with E-state index in [-0.39, 0.29) is 5.78 Å². The monoisotopic (exact) mass is 362 g/mol. The van der Waals surface area contributed by atoms with Gasteiger partial charge in [-0.3, -0.25) is 14.8 Å². The van der Waals surface area contributed by atoms with Crippen molar-refractivity contribution in [1.82, 2.24) is 10.0 Å². The second-order valence-corrected chi connectivity index (χ2v) is 7.00. The molecule has 0 atom stereocenters. The summed E-state index contributed by atoms with van der Waals surface area (Å²) in [7, 11) is 3.88. The van der Waals surface area contributed by atoms with Crippen LogP contribution in [0, 0.1) is 0 Å². The van der Waals surface area contributed by atoms with E-state index < -0.39 is 0 Å². The molecule has 1 aliphatic rings. The van der Waals surface area contributed by atoms with Crippen molar-refractivity contribution < 1.29 is 4.79 Å². The molecule has 0 aliphatic heterocycles. The van der Waals surface area contributed by atoms with Crippen LogP contribution < -0.4 is 0 Å². The van der Waals surface area contributed by atoms with Crippen molar-refractivity contribution in [1.29, 1.82) is 0 Å². The second kappa shape index (κ2) is 9.12. The minimum atomic E-state index is 0.181. The molecule has 1 aliphatic carbocycles. The van der Waals surface area contributed by atoms with Crippen molar-refractivity contribution in [2.24, 2.45) is 10.2 Å². The molecule has 27 heavy (non-hydrogen) atoms. The second-order valence-electron chi connectivity index (χ2n) is 7.00. The molecule has 0 heterocycles. The van der Waals surface area contributed by atoms with Gasteiger partial charge in [0.05, 0.1) is 24.5 Å². The molecule has 0 radical (unpaired) electrons. The summed E-state index contributed by atoms with van der Waals surface area (Å²) in [4.78, 5) is 12.2. The molecule has 0 unspecified atom stereocenters. The molecule has 3 rings (SSSR count). The molecule has 0 saturated heterocycles. The van der Waals surface area contributed by atoms with E-state index in [9.17, 15) is 4.79 Å². The number of carbonyl (C=O) groups is 1. The zero-order valence-electron chi connectivity index (χ0n) is 16.0. The van der Waals surface area contributed by atoms with Crippen LogP contribution in [0.1, 0.15) is 30.4 Å². The van der Waals surface area contributed by atoms with Crippen LogP contribution in [0.25, 0.3) is 0 Å². The van der Waals surface area contributed by atoms with E-state index in [1.807, 2.05) is 60.5 Å². The zero-order chi connectivity index (χ0) is 19.1. The number of hydrogen-bond donors (Lipinski definition) is 0. The minimum Gasteiger partial charge on any atom is -0.299 e. The Kier molecular flexibility index (Phi) is 6.36. The largest absolute Gasteiger partial charge is 0.299 e. The molecule has 2 aromatic rings. The lowest BCUT2D eigenvalue weighted by atomic mass is 9.95. The summed E-state index contributed by atoms with van der Waals surface area (Å²) >= 11 is 0. The molecular formula is C22H26N4O. The Morgan fingerprint density at radius 3 is 1.52 bits per heavy atom. The van der Waals surface area contributed by atoms with Crippen LogP contribution in [0.2, 0.25) is 0 Å². The van der Waals surface area contributed by atoms with Gasteiger partial charge in [-0.05, 0) is 11.1 Å². The fourth-order valence-corrected chi connectivity index (χ4v) is 3.27. The number of rotatable bonds is 6. The predicted octanol–water partition coefficient (Wildman–Crippen LogP) is 3.72. The van der Waals surface area contributed by atoms with Gasteiger partial charge in [-0.2, -0.15) is 10.2 Å². The Hall–Kier alpha value is -2.95. The minimum absolute atomic E-state index is 0.181. The topological polar surface area (TPSA) is 48.3 Å². The third-order valence-corrected chi connectivity index (χ3v) is 4.34. The summed E-state index contributed by atoms with van der Waals surface area (Å²) in [5, 5.41) is 13.1. The standard InChI is InChI=1S/C22H26N4O/c1-25(16-18-9-5-3-6-10-18)23-20-13-21(15-22(27)14-20)24-26(2)17-19-11-7-4-8-12-19/h3-12H,13-17H2,1-2H3/b23-20-,24-21+. The first-order chi connectivity index (χ1) is 13.1. The van der Waals surface area contributed by atoms with Gasteiger partial charge in [0.1, 0.15) is 5.78 Å². The number of nitrogens with zero attached hydrogens (tertiary/aromatic N) is 4. The summed E-state index contributed by atoms with van der Waals surface area (Å²) in [5.74, 6) is 0.181. The molecular weight excluding hydrogens is 336 g/mol. The maximum absolute atomic E-state index is 12.2. The van der Waals surface area contributed by atoms with Crippen molar-refractivity contribution in [3.05, 3.63) is 71.8 Å². The highest BCUT2D eigenvalue weighted by molar-refractivity contribution is 6.21. The number of hydrazone groups is 2. The molecule has 5 nitrogen and oxygen atoms in total. The van der Waals surface area contributed by atoms with E-state index in [0.29, 0.717) is 19.3 Å². The van der Waals surface area contributed by atoms with Gasteiger partial charge in [-0.1, -0.05) is 60.7 Å². The van der Waals surface area contributed by atoms with Gasteiger partial charge < -0.3 is 0 Å². The summed E-state index contributed by atoms with van der Waals surface area (Å²) < 4.78 is 0. The van der Waals surface area contributed by atoms with Gasteiger partial charge in [0.2, 0.25) is 0 Å². The van der Waals surface area contributed by atoms with E-state index in [2.05, 4.69) is 34.5 Å². The van der Waals surface area contributed by atoms with Gasteiger partial charge in [0, 0.05) is 33.4 Å². The lowest BCUT2D eigenvalue weighted by Crippen LogP contribution is -2.27. The van der Waals surface area contributed by atoms with E-state index in [4.69, 9.17) is 0 Å². The molecule has 0 bridgehead atoms. The summed E-state index contributed by atoms with van der Waals surface area (Å²) in [6.45, 7) is 1.44. The first-order valence-corrected chi connectivity index (χ1v) is 9.23. The fourth-order valence-electron chi connectivity index (χ4n) is 3.27. The fraction of sp³-hybridized carbons (Fsp3) is 0.318. The highest BCUT2D eigenvalue weighted by atomic mass is 16.1. The Balaban J connectivity index is 1.63. The number of carbonyl (C=O) groups excluding carboxylic acids is 1. The first-order valence-electron chi connectivity index (χ1n) is 9.23. The molecule has 0 aromatic heterocycles. The van der Waals surface area contributed by atoms with Crippen molar-refractivity contribution in [2.75, 3.05) is 14.1 Å². The average Bonchev–Trinajstić information content (AvgIpc) is 2.62. The molecule has 0 N–H and O–H groups in total. The Morgan fingerprint density at radius 1 is 0.704 bits per heavy atom. The quantitative estimate of drug-likeness (QED) is 0.736. The van der Waals surface area contributed by atoms with Crippen LogP contribution >= 0.6 is 0 Å². The van der Waals surface area contributed by atoms with Crippen LogP contribution in [0.15, 0.2) is 70.9 Å². The van der Waals surface area contributed by atoms with Crippen molar-refractivity contribution >= 4 is 17.2 Å². The van der Waals surface area contributed by atoms with E-state index in [1.54, 1.807) is 0 Å². The highest BCUT2D eigenvalue weighted by Crippen LogP contribution is 2.14. The molecule has 5 heteroatoms. The third-order valence-electron chi connectivity index (χ3n) is 4.34. The molecule has 0 amide bonds. The predicted molar refractivity (Wildman–Crippen MR) is 110 cm³/mol. The average molecular weight is 362 g/mol. The molecule has 1 saturated carbocycles. The lowest BCUT2D eigenvalue weighted by Gasteiger charge is -2.21. The van der Waals surface area contributed by atoms with Gasteiger partial charge in [-0.25, -0.2) is 0 Å². The number of hydrogen-bond acceptors (Lipinski definition) is 5. The first kappa shape index (κ1) is 18.8. The normalized spacial score (nSPS) is 17.3. The number of Topliss-reactive ketones (excluding diaryl/α,β-unsaturated/α-hetero) is 1. The summed E-state index contributed by atoms with van der Waals surface area (Å²) in [5.41, 5.74) is 4.17. The van der Waals surface area contributed by atoms with E-state index >= 15 is 0 Å². The van der Waals surface area contributed by atoms with Gasteiger partial charge >= 0.3 is 0 Å². The summed E-state index contributed by atoms with van der Waals surface area (Å²) in [6.07, 6.45) is 1.49. The van der Waals surface area contributed by atoms with E-state index in [1.165, 1.54) is 11.1 Å². The smallest absolute Gasteiger partial charge is 0.144 e. The molecule has 2 aromatic carbocycles. The molecule has 140 valence electrons. The molecule has 1 fully saturated rings. The zero-order valence-corrected chi connectivity index (χ0v) is 16.0. The van der Waals surface area contributed by atoms with Gasteiger partial charge in [-0.15, -0.1) is 0 Å². The number of benzene rings is 2. The molecule has 0 spiro atoms. The maximum Gasteiger partial charge on any atom is 0.144 e. The highest BCUT2D eigenvalue weighted by Gasteiger charge is 2.21. The van der Waals surface area contributed by atoms with Crippen LogP contribution in [-0.2, 0) is 17.9 Å². The Bertz CT molecular complexity index is 747. The SMILES string of the molecule is CN(Cc1ccccc1)/N=C1\CC(=O)C/C(=N/N(C)Cc2ccccc2)C1. The Labute approximate surface area is 161 Å². The van der Waals surface area contributed by atoms with Crippen molar-refractivity contribution in [3.8, 4) is 0 Å². The summed E-state index contributed by atoms with van der Waals surface area (Å²) in [6, 6.07) is 20.4. The number of ketones is 1. The van der Waals surface area contributed by atoms with Gasteiger partial charge in [0.25, 0.3) is 0 Å². The Morgan fingerprint density at radius 2 is 1.11 bits per heavy atom. The van der Waals surface area contributed by atoms with E-state index in [0.717, 1.165) is 24.5 Å². The van der Waals surface area contributed by atoms with Crippen LogP contribution in [-0.4, -0.2) is 41.3 Å². The van der Waals surface area contributed by atoms with Crippen LogP contribution in [0.4, 0.5) is 0 Å². The maximum atomic E-state index is 12.2. The third kappa shape index (κ3) is 6.06. The van der Waals surface area contributed by atoms with Crippen molar-refractivity contribution in [2.45, 2.75) is 32.4 Å². The van der Waals surface area contributed by atoms with Crippen LogP contribution in [0.5, 0.6) is 0 Å². The van der Waals surface area contributed by atoms with Gasteiger partial charge in [0.15, 0.2) is 0 Å². The van der Waals surface area contributed by atoms with Crippen molar-refractivity contribution in [3.63, 3.8) is 0 Å².